The van der Waals surface area contributed by atoms with Crippen molar-refractivity contribution in [2.24, 2.45) is 5.92 Å². The number of benzene rings is 2. The Labute approximate surface area is 176 Å². The number of rotatable bonds is 7. The number of carbonyl (C=O) groups is 3. The Morgan fingerprint density at radius 3 is 2.30 bits per heavy atom. The fourth-order valence-corrected chi connectivity index (χ4v) is 3.46. The minimum Gasteiger partial charge on any atom is -0.465 e. The lowest BCUT2D eigenvalue weighted by Crippen LogP contribution is -2.43. The zero-order valence-corrected chi connectivity index (χ0v) is 17.1. The Balaban J connectivity index is 1.37. The van der Waals surface area contributed by atoms with E-state index in [-0.39, 0.29) is 23.7 Å². The normalized spacial score (nSPS) is 14.7. The summed E-state index contributed by atoms with van der Waals surface area (Å²) < 4.78 is 4.67. The summed E-state index contributed by atoms with van der Waals surface area (Å²) in [5.74, 6) is -0.427. The maximum absolute atomic E-state index is 12.4. The molecule has 2 amide bonds. The summed E-state index contributed by atoms with van der Waals surface area (Å²) in [6.45, 7) is 2.14. The number of methoxy groups -OCH3 is 1. The number of carbonyl (C=O) groups excluding carboxylic acids is 3. The highest BCUT2D eigenvalue weighted by Crippen LogP contribution is 2.19. The van der Waals surface area contributed by atoms with Crippen molar-refractivity contribution in [2.75, 3.05) is 32.1 Å². The molecule has 2 aromatic rings. The van der Waals surface area contributed by atoms with E-state index < -0.39 is 0 Å². The molecule has 1 aliphatic rings. The van der Waals surface area contributed by atoms with Crippen molar-refractivity contribution in [3.05, 3.63) is 65.7 Å². The summed E-state index contributed by atoms with van der Waals surface area (Å²) in [5, 5.41) is 5.85. The van der Waals surface area contributed by atoms with Gasteiger partial charge in [-0.3, -0.25) is 14.5 Å². The highest BCUT2D eigenvalue weighted by molar-refractivity contribution is 5.92. The quantitative estimate of drug-likeness (QED) is 0.686. The maximum atomic E-state index is 12.4. The number of hydrogen-bond donors (Lipinski definition) is 2. The highest BCUT2D eigenvalue weighted by Gasteiger charge is 2.25. The molecular formula is C23H27N3O4. The van der Waals surface area contributed by atoms with Crippen molar-refractivity contribution in [2.45, 2.75) is 19.4 Å². The minimum atomic E-state index is -0.383. The Morgan fingerprint density at radius 1 is 1.00 bits per heavy atom. The maximum Gasteiger partial charge on any atom is 0.337 e. The summed E-state index contributed by atoms with van der Waals surface area (Å²) in [4.78, 5) is 38.2. The van der Waals surface area contributed by atoms with Gasteiger partial charge >= 0.3 is 5.97 Å². The van der Waals surface area contributed by atoms with Gasteiger partial charge in [0, 0.05) is 18.2 Å². The molecule has 3 rings (SSSR count). The minimum absolute atomic E-state index is 0.0298. The van der Waals surface area contributed by atoms with Crippen LogP contribution in [0.1, 0.15) is 28.8 Å². The van der Waals surface area contributed by atoms with Gasteiger partial charge in [0.1, 0.15) is 0 Å². The van der Waals surface area contributed by atoms with Gasteiger partial charge in [-0.1, -0.05) is 30.3 Å². The van der Waals surface area contributed by atoms with Crippen LogP contribution < -0.4 is 10.6 Å². The molecule has 0 unspecified atom stereocenters. The number of amides is 2. The second-order valence-corrected chi connectivity index (χ2v) is 7.37. The monoisotopic (exact) mass is 409 g/mol. The molecule has 1 heterocycles. The topological polar surface area (TPSA) is 87.7 Å². The second kappa shape index (κ2) is 10.5. The van der Waals surface area contributed by atoms with Crippen LogP contribution in [0.15, 0.2) is 54.6 Å². The van der Waals surface area contributed by atoms with Crippen LogP contribution in [0.5, 0.6) is 0 Å². The number of ether oxygens (including phenoxy) is 1. The van der Waals surface area contributed by atoms with E-state index in [1.54, 1.807) is 24.3 Å². The molecule has 158 valence electrons. The molecule has 0 spiro atoms. The van der Waals surface area contributed by atoms with Gasteiger partial charge in [-0.2, -0.15) is 0 Å². The van der Waals surface area contributed by atoms with Gasteiger partial charge in [-0.25, -0.2) is 4.79 Å². The third kappa shape index (κ3) is 6.15. The number of anilines is 1. The molecule has 2 N–H and O–H groups in total. The number of esters is 1. The van der Waals surface area contributed by atoms with Gasteiger partial charge in [-0.05, 0) is 55.8 Å². The Hall–Kier alpha value is -3.19. The molecule has 2 aromatic carbocycles. The van der Waals surface area contributed by atoms with Gasteiger partial charge in [0.25, 0.3) is 0 Å². The van der Waals surface area contributed by atoms with E-state index in [9.17, 15) is 14.4 Å². The molecular weight excluding hydrogens is 382 g/mol. The van der Waals surface area contributed by atoms with Crippen LogP contribution in [0.4, 0.5) is 5.69 Å². The summed E-state index contributed by atoms with van der Waals surface area (Å²) >= 11 is 0. The van der Waals surface area contributed by atoms with Crippen molar-refractivity contribution in [1.29, 1.82) is 0 Å². The second-order valence-electron chi connectivity index (χ2n) is 7.37. The molecule has 7 heteroatoms. The molecule has 0 aliphatic carbocycles. The first-order valence-corrected chi connectivity index (χ1v) is 10.1. The van der Waals surface area contributed by atoms with Gasteiger partial charge < -0.3 is 15.4 Å². The van der Waals surface area contributed by atoms with Gasteiger partial charge in [0.15, 0.2) is 0 Å². The average Bonchev–Trinajstić information content (AvgIpc) is 2.78. The zero-order chi connectivity index (χ0) is 21.3. The van der Waals surface area contributed by atoms with Crippen molar-refractivity contribution < 1.29 is 19.1 Å². The number of para-hydroxylation sites is 1. The SMILES string of the molecule is COC(=O)c1ccc(CNC(=O)CN2CCC(C(=O)Nc3ccccc3)CC2)cc1. The third-order valence-corrected chi connectivity index (χ3v) is 5.23. The highest BCUT2D eigenvalue weighted by atomic mass is 16.5. The number of nitrogens with one attached hydrogen (secondary N) is 2. The summed E-state index contributed by atoms with van der Waals surface area (Å²) in [6, 6.07) is 16.4. The van der Waals surface area contributed by atoms with Crippen molar-refractivity contribution in [3.63, 3.8) is 0 Å². The van der Waals surface area contributed by atoms with E-state index in [1.807, 2.05) is 30.3 Å². The Kier molecular flexibility index (Phi) is 7.57. The van der Waals surface area contributed by atoms with Crippen molar-refractivity contribution >= 4 is 23.5 Å². The standard InChI is InChI=1S/C23H27N3O4/c1-30-23(29)19-9-7-17(8-10-19)15-24-21(27)16-26-13-11-18(12-14-26)22(28)25-20-5-3-2-4-6-20/h2-10,18H,11-16H2,1H3,(H,24,27)(H,25,28). The largest absolute Gasteiger partial charge is 0.465 e. The van der Waals surface area contributed by atoms with E-state index in [2.05, 4.69) is 20.3 Å². The van der Waals surface area contributed by atoms with E-state index in [1.165, 1.54) is 7.11 Å². The molecule has 0 radical (unpaired) electrons. The fraction of sp³-hybridized carbons (Fsp3) is 0.348. The van der Waals surface area contributed by atoms with E-state index in [4.69, 9.17) is 0 Å². The van der Waals surface area contributed by atoms with Crippen LogP contribution in [0.2, 0.25) is 0 Å². The summed E-state index contributed by atoms with van der Waals surface area (Å²) in [5.41, 5.74) is 2.20. The molecule has 1 fully saturated rings. The van der Waals surface area contributed by atoms with Crippen LogP contribution in [-0.4, -0.2) is 49.4 Å². The predicted molar refractivity (Wildman–Crippen MR) is 114 cm³/mol. The third-order valence-electron chi connectivity index (χ3n) is 5.23. The van der Waals surface area contributed by atoms with E-state index in [0.29, 0.717) is 31.7 Å². The average molecular weight is 409 g/mol. The van der Waals surface area contributed by atoms with E-state index >= 15 is 0 Å². The van der Waals surface area contributed by atoms with Crippen molar-refractivity contribution in [1.82, 2.24) is 10.2 Å². The summed E-state index contributed by atoms with van der Waals surface area (Å²) in [7, 11) is 1.34. The molecule has 0 aromatic heterocycles. The molecule has 0 saturated carbocycles. The lowest BCUT2D eigenvalue weighted by Gasteiger charge is -2.30. The smallest absolute Gasteiger partial charge is 0.337 e. The van der Waals surface area contributed by atoms with Crippen molar-refractivity contribution in [3.8, 4) is 0 Å². The van der Waals surface area contributed by atoms with Gasteiger partial charge in [0.2, 0.25) is 11.8 Å². The molecule has 1 saturated heterocycles. The molecule has 7 nitrogen and oxygen atoms in total. The van der Waals surface area contributed by atoms with Crippen LogP contribution in [-0.2, 0) is 20.9 Å². The number of likely N-dealkylation sites (tertiary alicyclic amines) is 1. The van der Waals surface area contributed by atoms with Gasteiger partial charge in [0.05, 0.1) is 19.2 Å². The molecule has 30 heavy (non-hydrogen) atoms. The predicted octanol–water partition coefficient (Wildman–Crippen LogP) is 2.44. The van der Waals surface area contributed by atoms with Crippen LogP contribution >= 0.6 is 0 Å². The lowest BCUT2D eigenvalue weighted by molar-refractivity contribution is -0.123. The van der Waals surface area contributed by atoms with Gasteiger partial charge in [-0.15, -0.1) is 0 Å². The number of nitrogens with zero attached hydrogens (tertiary/aromatic N) is 1. The number of piperidine rings is 1. The molecule has 0 bridgehead atoms. The first-order valence-electron chi connectivity index (χ1n) is 10.1. The zero-order valence-electron chi connectivity index (χ0n) is 17.1. The van der Waals surface area contributed by atoms with Crippen LogP contribution in [0.25, 0.3) is 0 Å². The first kappa shape index (κ1) is 21.5. The Morgan fingerprint density at radius 2 is 1.67 bits per heavy atom. The molecule has 1 aliphatic heterocycles. The summed E-state index contributed by atoms with van der Waals surface area (Å²) in [6.07, 6.45) is 1.47. The van der Waals surface area contributed by atoms with E-state index in [0.717, 1.165) is 24.1 Å². The number of hydrogen-bond acceptors (Lipinski definition) is 5. The fourth-order valence-electron chi connectivity index (χ4n) is 3.46. The Bertz CT molecular complexity index is 860. The molecule has 0 atom stereocenters. The van der Waals surface area contributed by atoms with Crippen LogP contribution in [0.3, 0.4) is 0 Å². The first-order chi connectivity index (χ1) is 14.5. The lowest BCUT2D eigenvalue weighted by atomic mass is 9.96. The van der Waals surface area contributed by atoms with Crippen LogP contribution in [0, 0.1) is 5.92 Å².